The molecule has 0 saturated carbocycles. The molecule has 10 rings (SSSR count). The maximum atomic E-state index is 5.14. The molecule has 0 bridgehead atoms. The highest BCUT2D eigenvalue weighted by Gasteiger charge is 2.41. The van der Waals surface area contributed by atoms with Crippen molar-refractivity contribution >= 4 is 11.0 Å². The van der Waals surface area contributed by atoms with E-state index in [1.165, 1.54) is 66.8 Å². The van der Waals surface area contributed by atoms with Gasteiger partial charge >= 0.3 is 0 Å². The molecule has 0 radical (unpaired) electrons. The van der Waals surface area contributed by atoms with Gasteiger partial charge in [0.1, 0.15) is 5.82 Å². The van der Waals surface area contributed by atoms with Crippen LogP contribution in [-0.2, 0) is 10.8 Å². The minimum Gasteiger partial charge on any atom is -0.292 e. The molecule has 0 atom stereocenters. The third kappa shape index (κ3) is 4.39. The van der Waals surface area contributed by atoms with Gasteiger partial charge in [0.25, 0.3) is 0 Å². The standard InChI is InChI=1S/C49H38N2/c1-48(2)41-27-33(31-14-7-5-8-15-31)22-24-37(41)39-29-44-40(30-43(39)48)38-25-23-34(28-42(38)49(44,3)4)32-16-13-17-35(26-32)47-50-45-20-11-12-21-46(45)51(47)36-18-9-6-10-19-36/h5-30H,1-4H3. The third-order valence-electron chi connectivity index (χ3n) is 11.6. The van der Waals surface area contributed by atoms with Crippen molar-refractivity contribution in [1.29, 1.82) is 0 Å². The highest BCUT2D eigenvalue weighted by molar-refractivity contribution is 5.92. The molecule has 51 heavy (non-hydrogen) atoms. The van der Waals surface area contributed by atoms with Crippen molar-refractivity contribution in [3.05, 3.63) is 180 Å². The SMILES string of the molecule is CC1(C)c2cc(-c3ccccc3)ccc2-c2cc3c(cc21)-c1ccc(-c2cccc(-c4nc5ccccc5n4-c4ccccc4)c2)cc1C3(C)C. The van der Waals surface area contributed by atoms with E-state index in [4.69, 9.17) is 4.98 Å². The average molecular weight is 655 g/mol. The van der Waals surface area contributed by atoms with Crippen molar-refractivity contribution in [2.24, 2.45) is 0 Å². The van der Waals surface area contributed by atoms with Crippen LogP contribution < -0.4 is 0 Å². The molecule has 7 aromatic carbocycles. The largest absolute Gasteiger partial charge is 0.292 e. The molecule has 2 aliphatic carbocycles. The molecule has 0 fully saturated rings. The smallest absolute Gasteiger partial charge is 0.145 e. The second kappa shape index (κ2) is 10.8. The van der Waals surface area contributed by atoms with Gasteiger partial charge in [-0.05, 0) is 121 Å². The predicted octanol–water partition coefficient (Wildman–Crippen LogP) is 12.6. The Morgan fingerprint density at radius 1 is 0.392 bits per heavy atom. The third-order valence-corrected chi connectivity index (χ3v) is 11.6. The summed E-state index contributed by atoms with van der Waals surface area (Å²) in [7, 11) is 0. The van der Waals surface area contributed by atoms with Gasteiger partial charge in [-0.25, -0.2) is 4.98 Å². The van der Waals surface area contributed by atoms with Gasteiger partial charge in [-0.2, -0.15) is 0 Å². The van der Waals surface area contributed by atoms with Crippen LogP contribution in [0.5, 0.6) is 0 Å². The zero-order chi connectivity index (χ0) is 34.5. The minimum absolute atomic E-state index is 0.0893. The van der Waals surface area contributed by atoms with Crippen LogP contribution in [-0.4, -0.2) is 9.55 Å². The first-order valence-electron chi connectivity index (χ1n) is 18.0. The van der Waals surface area contributed by atoms with E-state index in [9.17, 15) is 0 Å². The summed E-state index contributed by atoms with van der Waals surface area (Å²) in [4.78, 5) is 5.14. The van der Waals surface area contributed by atoms with Crippen LogP contribution in [0.3, 0.4) is 0 Å². The van der Waals surface area contributed by atoms with Gasteiger partial charge in [0, 0.05) is 22.1 Å². The fourth-order valence-electron chi connectivity index (χ4n) is 8.85. The van der Waals surface area contributed by atoms with Gasteiger partial charge in [0.05, 0.1) is 11.0 Å². The summed E-state index contributed by atoms with van der Waals surface area (Å²) in [5.41, 5.74) is 20.1. The van der Waals surface area contributed by atoms with E-state index in [1.807, 2.05) is 0 Å². The summed E-state index contributed by atoms with van der Waals surface area (Å²) < 4.78 is 2.28. The summed E-state index contributed by atoms with van der Waals surface area (Å²) >= 11 is 0. The summed E-state index contributed by atoms with van der Waals surface area (Å²) in [5.74, 6) is 0.950. The number of nitrogens with zero attached hydrogens (tertiary/aromatic N) is 2. The van der Waals surface area contributed by atoms with Crippen LogP contribution in [0.15, 0.2) is 158 Å². The molecule has 2 nitrogen and oxygen atoms in total. The Morgan fingerprint density at radius 3 is 1.53 bits per heavy atom. The quantitative estimate of drug-likeness (QED) is 0.185. The number of hydrogen-bond acceptors (Lipinski definition) is 1. The molecule has 1 heterocycles. The summed E-state index contributed by atoms with van der Waals surface area (Å²) in [6.07, 6.45) is 0. The van der Waals surface area contributed by atoms with Crippen molar-refractivity contribution in [2.75, 3.05) is 0 Å². The van der Waals surface area contributed by atoms with Crippen molar-refractivity contribution in [2.45, 2.75) is 38.5 Å². The molecule has 0 saturated heterocycles. The number of hydrogen-bond donors (Lipinski definition) is 0. The fraction of sp³-hybridized carbons (Fsp3) is 0.122. The molecule has 0 unspecified atom stereocenters. The van der Waals surface area contributed by atoms with Crippen LogP contribution in [0, 0.1) is 0 Å². The molecule has 1 aromatic heterocycles. The number of aromatic nitrogens is 2. The lowest BCUT2D eigenvalue weighted by atomic mass is 9.79. The van der Waals surface area contributed by atoms with Crippen molar-refractivity contribution < 1.29 is 0 Å². The predicted molar refractivity (Wildman–Crippen MR) is 213 cm³/mol. The molecule has 2 heteroatoms. The normalized spacial score (nSPS) is 14.6. The van der Waals surface area contributed by atoms with Gasteiger partial charge in [-0.3, -0.25) is 4.57 Å². The lowest BCUT2D eigenvalue weighted by Gasteiger charge is -2.24. The maximum Gasteiger partial charge on any atom is 0.145 e. The molecule has 0 N–H and O–H groups in total. The van der Waals surface area contributed by atoms with Crippen molar-refractivity contribution in [3.63, 3.8) is 0 Å². The van der Waals surface area contributed by atoms with E-state index in [1.54, 1.807) is 0 Å². The Kier molecular flexibility index (Phi) is 6.30. The highest BCUT2D eigenvalue weighted by atomic mass is 15.1. The van der Waals surface area contributed by atoms with Crippen LogP contribution in [0.2, 0.25) is 0 Å². The van der Waals surface area contributed by atoms with Gasteiger partial charge in [-0.1, -0.05) is 131 Å². The fourth-order valence-corrected chi connectivity index (χ4v) is 8.85. The Bertz CT molecular complexity index is 2670. The van der Waals surface area contributed by atoms with E-state index in [-0.39, 0.29) is 10.8 Å². The molecule has 2 aliphatic rings. The maximum absolute atomic E-state index is 5.14. The molecule has 0 aliphatic heterocycles. The number of rotatable bonds is 4. The molecule has 0 spiro atoms. The zero-order valence-corrected chi connectivity index (χ0v) is 29.4. The van der Waals surface area contributed by atoms with E-state index >= 15 is 0 Å². The Morgan fingerprint density at radius 2 is 0.882 bits per heavy atom. The van der Waals surface area contributed by atoms with Crippen molar-refractivity contribution in [3.8, 4) is 61.6 Å². The Labute approximate surface area is 299 Å². The summed E-state index contributed by atoms with van der Waals surface area (Å²) in [6.45, 7) is 9.57. The van der Waals surface area contributed by atoms with Crippen molar-refractivity contribution in [1.82, 2.24) is 9.55 Å². The van der Waals surface area contributed by atoms with Gasteiger partial charge in [0.15, 0.2) is 0 Å². The first-order valence-corrected chi connectivity index (χ1v) is 18.0. The number of para-hydroxylation sites is 3. The molecule has 0 amide bonds. The topological polar surface area (TPSA) is 17.8 Å². The van der Waals surface area contributed by atoms with Gasteiger partial charge in [-0.15, -0.1) is 0 Å². The Hall–Kier alpha value is -5.99. The highest BCUT2D eigenvalue weighted by Crippen LogP contribution is 2.56. The second-order valence-electron chi connectivity index (χ2n) is 15.3. The second-order valence-corrected chi connectivity index (χ2v) is 15.3. The molecular formula is C49H38N2. The zero-order valence-electron chi connectivity index (χ0n) is 29.4. The van der Waals surface area contributed by atoms with Crippen LogP contribution in [0.1, 0.15) is 49.9 Å². The summed E-state index contributed by atoms with van der Waals surface area (Å²) in [6, 6.07) is 57.7. The average Bonchev–Trinajstić information content (AvgIpc) is 3.74. The number of fused-ring (bicyclic) bond motifs is 7. The monoisotopic (exact) mass is 654 g/mol. The lowest BCUT2D eigenvalue weighted by molar-refractivity contribution is 0.652. The van der Waals surface area contributed by atoms with Gasteiger partial charge < -0.3 is 0 Å². The summed E-state index contributed by atoms with van der Waals surface area (Å²) in [5, 5.41) is 0. The van der Waals surface area contributed by atoms with Crippen LogP contribution in [0.25, 0.3) is 72.6 Å². The van der Waals surface area contributed by atoms with Gasteiger partial charge in [0.2, 0.25) is 0 Å². The Balaban J connectivity index is 1.06. The minimum atomic E-state index is -0.133. The van der Waals surface area contributed by atoms with E-state index in [0.717, 1.165) is 28.1 Å². The molecular weight excluding hydrogens is 617 g/mol. The van der Waals surface area contributed by atoms with Crippen LogP contribution >= 0.6 is 0 Å². The first-order chi connectivity index (χ1) is 24.8. The number of benzene rings is 7. The van der Waals surface area contributed by atoms with E-state index in [0.29, 0.717) is 0 Å². The first kappa shape index (κ1) is 29.9. The lowest BCUT2D eigenvalue weighted by Crippen LogP contribution is -2.17. The van der Waals surface area contributed by atoms with Crippen LogP contribution in [0.4, 0.5) is 0 Å². The molecule has 8 aromatic rings. The van der Waals surface area contributed by atoms with E-state index in [2.05, 4.69) is 190 Å². The van der Waals surface area contributed by atoms with E-state index < -0.39 is 0 Å². The molecule has 244 valence electrons. The number of imidazole rings is 1.